The van der Waals surface area contributed by atoms with E-state index >= 15 is 0 Å². The lowest BCUT2D eigenvalue weighted by Gasteiger charge is -2.10. The molecule has 21 heavy (non-hydrogen) atoms. The zero-order valence-electron chi connectivity index (χ0n) is 11.3. The van der Waals surface area contributed by atoms with Gasteiger partial charge in [-0.05, 0) is 30.7 Å². The van der Waals surface area contributed by atoms with Gasteiger partial charge in [-0.1, -0.05) is 24.6 Å². The fourth-order valence-corrected chi connectivity index (χ4v) is 1.99. The minimum Gasteiger partial charge on any atom is -0.318 e. The predicted octanol–water partition coefficient (Wildman–Crippen LogP) is 2.97. The molecule has 0 atom stereocenters. The largest absolute Gasteiger partial charge is 0.318 e. The number of carbonyl (C=O) groups excluding carboxylic acids is 1. The Hall–Kier alpha value is -2.18. The Bertz CT molecular complexity index is 636. The van der Waals surface area contributed by atoms with E-state index in [4.69, 9.17) is 17.4 Å². The number of aromatic nitrogens is 1. The smallest absolute Gasteiger partial charge is 0.255 e. The summed E-state index contributed by atoms with van der Waals surface area (Å²) in [6, 6.07) is 7.27. The number of carbonyl (C=O) groups is 1. The number of hydrazine groups is 1. The van der Waals surface area contributed by atoms with Crippen molar-refractivity contribution in [3.63, 3.8) is 0 Å². The molecule has 0 unspecified atom stereocenters. The highest BCUT2D eigenvalue weighted by Crippen LogP contribution is 2.25. The van der Waals surface area contributed by atoms with Gasteiger partial charge in [0, 0.05) is 11.3 Å². The third kappa shape index (κ3) is 3.48. The zero-order chi connectivity index (χ0) is 15.4. The van der Waals surface area contributed by atoms with E-state index in [2.05, 4.69) is 15.7 Å². The molecule has 0 saturated carbocycles. The first-order valence-electron chi connectivity index (χ1n) is 6.28. The number of pyridine rings is 1. The number of nitrogens with one attached hydrogen (secondary N) is 2. The third-order valence-corrected chi connectivity index (χ3v) is 3.17. The number of benzene rings is 1. The molecular weight excluding hydrogens is 295 g/mol. The molecule has 0 saturated heterocycles. The van der Waals surface area contributed by atoms with Gasteiger partial charge < -0.3 is 10.7 Å². The maximum Gasteiger partial charge on any atom is 0.255 e. The first kappa shape index (κ1) is 15.2. The van der Waals surface area contributed by atoms with Crippen LogP contribution in [0.2, 0.25) is 5.02 Å². The minimum atomic E-state index is -0.599. The molecule has 110 valence electrons. The van der Waals surface area contributed by atoms with Gasteiger partial charge in [0.05, 0.1) is 10.7 Å². The molecule has 1 heterocycles. The number of amides is 1. The van der Waals surface area contributed by atoms with Gasteiger partial charge in [-0.15, -0.1) is 0 Å². The molecule has 0 bridgehead atoms. The summed E-state index contributed by atoms with van der Waals surface area (Å²) in [7, 11) is 0. The van der Waals surface area contributed by atoms with Crippen LogP contribution in [0.3, 0.4) is 0 Å². The summed E-state index contributed by atoms with van der Waals surface area (Å²) in [6.07, 6.45) is 0.635. The number of halogens is 2. The molecule has 0 fully saturated rings. The number of para-hydroxylation sites is 1. The fourth-order valence-electron chi connectivity index (χ4n) is 1.78. The van der Waals surface area contributed by atoms with Crippen LogP contribution in [0.1, 0.15) is 23.0 Å². The van der Waals surface area contributed by atoms with E-state index in [0.717, 1.165) is 0 Å². The number of nitrogens with two attached hydrogens (primary N) is 1. The van der Waals surface area contributed by atoms with Crippen LogP contribution in [0, 0.1) is 5.82 Å². The van der Waals surface area contributed by atoms with Crippen LogP contribution in [0.15, 0.2) is 30.3 Å². The van der Waals surface area contributed by atoms with Gasteiger partial charge in [0.2, 0.25) is 0 Å². The summed E-state index contributed by atoms with van der Waals surface area (Å²) in [5.74, 6) is 4.59. The number of nitrogens with zero attached hydrogens (tertiary/aromatic N) is 1. The molecule has 7 heteroatoms. The minimum absolute atomic E-state index is 0.0544. The molecule has 0 aliphatic carbocycles. The summed E-state index contributed by atoms with van der Waals surface area (Å²) in [6.45, 7) is 1.90. The Morgan fingerprint density at radius 2 is 2.19 bits per heavy atom. The first-order chi connectivity index (χ1) is 10.0. The van der Waals surface area contributed by atoms with E-state index in [1.54, 1.807) is 6.07 Å². The molecule has 1 amide bonds. The summed E-state index contributed by atoms with van der Waals surface area (Å²) >= 11 is 5.88. The van der Waals surface area contributed by atoms with Gasteiger partial charge in [0.15, 0.2) is 0 Å². The van der Waals surface area contributed by atoms with Gasteiger partial charge in [-0.25, -0.2) is 15.2 Å². The molecular formula is C14H14ClFN4O. The van der Waals surface area contributed by atoms with Crippen molar-refractivity contribution in [2.45, 2.75) is 13.3 Å². The van der Waals surface area contributed by atoms with Gasteiger partial charge in [-0.2, -0.15) is 0 Å². The van der Waals surface area contributed by atoms with Gasteiger partial charge in [-0.3, -0.25) is 4.79 Å². The molecule has 2 aromatic rings. The lowest BCUT2D eigenvalue weighted by molar-refractivity contribution is 0.102. The number of anilines is 2. The van der Waals surface area contributed by atoms with Crippen molar-refractivity contribution in [1.82, 2.24) is 4.98 Å². The molecule has 0 aliphatic rings. The highest BCUT2D eigenvalue weighted by atomic mass is 35.5. The number of nitrogen functional groups attached to an aromatic ring is 1. The van der Waals surface area contributed by atoms with Crippen LogP contribution in [0.25, 0.3) is 0 Å². The van der Waals surface area contributed by atoms with Crippen molar-refractivity contribution in [3.05, 3.63) is 52.4 Å². The lowest BCUT2D eigenvalue weighted by atomic mass is 10.1. The predicted molar refractivity (Wildman–Crippen MR) is 80.8 cm³/mol. The number of rotatable bonds is 4. The summed E-state index contributed by atoms with van der Waals surface area (Å²) in [5, 5.41) is 2.59. The van der Waals surface area contributed by atoms with Crippen molar-refractivity contribution in [2.75, 3.05) is 10.7 Å². The van der Waals surface area contributed by atoms with Crippen LogP contribution in [-0.4, -0.2) is 10.9 Å². The van der Waals surface area contributed by atoms with E-state index in [-0.39, 0.29) is 10.7 Å². The Kier molecular flexibility index (Phi) is 4.72. The van der Waals surface area contributed by atoms with Crippen molar-refractivity contribution >= 4 is 29.0 Å². The molecule has 5 nitrogen and oxygen atoms in total. The fraction of sp³-hybridized carbons (Fsp3) is 0.143. The SMILES string of the molecule is CCc1cc(C(=O)Nc2c(F)cccc2Cl)cc(NN)n1. The third-order valence-electron chi connectivity index (χ3n) is 2.85. The highest BCUT2D eigenvalue weighted by molar-refractivity contribution is 6.34. The summed E-state index contributed by atoms with van der Waals surface area (Å²) in [5.41, 5.74) is 3.34. The molecule has 1 aromatic heterocycles. The quantitative estimate of drug-likeness (QED) is 0.599. The van der Waals surface area contributed by atoms with Crippen molar-refractivity contribution in [2.24, 2.45) is 5.84 Å². The van der Waals surface area contributed by atoms with E-state index in [0.29, 0.717) is 23.5 Å². The van der Waals surface area contributed by atoms with Crippen molar-refractivity contribution < 1.29 is 9.18 Å². The average Bonchev–Trinajstić information content (AvgIpc) is 2.50. The highest BCUT2D eigenvalue weighted by Gasteiger charge is 2.14. The Morgan fingerprint density at radius 1 is 1.43 bits per heavy atom. The normalized spacial score (nSPS) is 10.3. The molecule has 0 spiro atoms. The average molecular weight is 309 g/mol. The summed E-state index contributed by atoms with van der Waals surface area (Å²) in [4.78, 5) is 16.4. The van der Waals surface area contributed by atoms with Crippen LogP contribution in [-0.2, 0) is 6.42 Å². The molecule has 4 N–H and O–H groups in total. The van der Waals surface area contributed by atoms with Crippen LogP contribution < -0.4 is 16.6 Å². The molecule has 2 rings (SSSR count). The zero-order valence-corrected chi connectivity index (χ0v) is 12.0. The maximum absolute atomic E-state index is 13.7. The van der Waals surface area contributed by atoms with Crippen LogP contribution in [0.5, 0.6) is 0 Å². The van der Waals surface area contributed by atoms with Crippen molar-refractivity contribution in [1.29, 1.82) is 0 Å². The van der Waals surface area contributed by atoms with E-state index in [9.17, 15) is 9.18 Å². The van der Waals surface area contributed by atoms with Gasteiger partial charge >= 0.3 is 0 Å². The topological polar surface area (TPSA) is 80.0 Å². The number of aryl methyl sites for hydroxylation is 1. The molecule has 0 aliphatic heterocycles. The monoisotopic (exact) mass is 308 g/mol. The second-order valence-electron chi connectivity index (χ2n) is 4.28. The molecule has 1 aromatic carbocycles. The first-order valence-corrected chi connectivity index (χ1v) is 6.66. The Labute approximate surface area is 126 Å². The Morgan fingerprint density at radius 3 is 2.81 bits per heavy atom. The second-order valence-corrected chi connectivity index (χ2v) is 4.69. The molecule has 0 radical (unpaired) electrons. The summed E-state index contributed by atoms with van der Waals surface area (Å²) < 4.78 is 13.7. The van der Waals surface area contributed by atoms with Crippen molar-refractivity contribution in [3.8, 4) is 0 Å². The number of hydrogen-bond acceptors (Lipinski definition) is 4. The van der Waals surface area contributed by atoms with Gasteiger partial charge in [0.25, 0.3) is 5.91 Å². The van der Waals surface area contributed by atoms with E-state index in [1.165, 1.54) is 24.3 Å². The van der Waals surface area contributed by atoms with Crippen LogP contribution >= 0.6 is 11.6 Å². The van der Waals surface area contributed by atoms with E-state index < -0.39 is 11.7 Å². The van der Waals surface area contributed by atoms with E-state index in [1.807, 2.05) is 6.92 Å². The van der Waals surface area contributed by atoms with Crippen LogP contribution in [0.4, 0.5) is 15.9 Å². The second kappa shape index (κ2) is 6.51. The Balaban J connectivity index is 2.32. The van der Waals surface area contributed by atoms with Gasteiger partial charge in [0.1, 0.15) is 11.6 Å². The maximum atomic E-state index is 13.7. The standard InChI is InChI=1S/C14H14ClFN4O/c1-2-9-6-8(7-12(18-9)20-17)14(21)19-13-10(15)4-3-5-11(13)16/h3-7H,2,17H2,1H3,(H,18,20)(H,19,21). The lowest BCUT2D eigenvalue weighted by Crippen LogP contribution is -2.16. The number of hydrogen-bond donors (Lipinski definition) is 3.